The number of hydrogen-bond donors (Lipinski definition) is 1. The van der Waals surface area contributed by atoms with E-state index in [1.54, 1.807) is 30.3 Å². The summed E-state index contributed by atoms with van der Waals surface area (Å²) < 4.78 is 13.7. The summed E-state index contributed by atoms with van der Waals surface area (Å²) >= 11 is 0. The number of aryl methyl sites for hydroxylation is 1. The van der Waals surface area contributed by atoms with Crippen LogP contribution in [0.1, 0.15) is 12.0 Å². The van der Waals surface area contributed by atoms with Crippen molar-refractivity contribution in [3.05, 3.63) is 59.9 Å². The summed E-state index contributed by atoms with van der Waals surface area (Å²) in [7, 11) is 0. The molecule has 0 saturated carbocycles. The Hall–Kier alpha value is -2.69. The van der Waals surface area contributed by atoms with E-state index in [1.165, 1.54) is 6.07 Å². The minimum Gasteiger partial charge on any atom is -0.371 e. The average Bonchev–Trinajstić information content (AvgIpc) is 2.77. The van der Waals surface area contributed by atoms with E-state index in [-0.39, 0.29) is 23.9 Å². The van der Waals surface area contributed by atoms with Gasteiger partial charge < -0.3 is 5.32 Å². The molecule has 1 saturated heterocycles. The zero-order valence-electron chi connectivity index (χ0n) is 12.0. The first kappa shape index (κ1) is 14.3. The van der Waals surface area contributed by atoms with Crippen molar-refractivity contribution in [2.75, 3.05) is 10.2 Å². The monoisotopic (exact) mass is 298 g/mol. The highest BCUT2D eigenvalue weighted by molar-refractivity contribution is 6.23. The van der Waals surface area contributed by atoms with E-state index in [9.17, 15) is 14.0 Å². The molecular formula is C17H15FN2O2. The van der Waals surface area contributed by atoms with Crippen LogP contribution in [-0.2, 0) is 9.59 Å². The number of rotatable bonds is 3. The van der Waals surface area contributed by atoms with Gasteiger partial charge in [0.15, 0.2) is 0 Å². The van der Waals surface area contributed by atoms with Gasteiger partial charge in [0.2, 0.25) is 5.91 Å². The zero-order valence-corrected chi connectivity index (χ0v) is 12.0. The van der Waals surface area contributed by atoms with Crippen molar-refractivity contribution in [3.63, 3.8) is 0 Å². The zero-order chi connectivity index (χ0) is 15.7. The maximum atomic E-state index is 13.7. The van der Waals surface area contributed by atoms with Gasteiger partial charge in [0.05, 0.1) is 17.8 Å². The molecule has 1 fully saturated rings. The van der Waals surface area contributed by atoms with Gasteiger partial charge >= 0.3 is 0 Å². The van der Waals surface area contributed by atoms with Crippen molar-refractivity contribution in [1.82, 2.24) is 0 Å². The molecule has 1 aliphatic heterocycles. The molecule has 0 unspecified atom stereocenters. The summed E-state index contributed by atoms with van der Waals surface area (Å²) in [5.74, 6) is -1.10. The highest BCUT2D eigenvalue weighted by atomic mass is 19.1. The summed E-state index contributed by atoms with van der Waals surface area (Å²) in [6.07, 6.45) is 0.0149. The van der Waals surface area contributed by atoms with Crippen molar-refractivity contribution in [3.8, 4) is 0 Å². The fourth-order valence-electron chi connectivity index (χ4n) is 2.48. The third kappa shape index (κ3) is 2.57. The first-order chi connectivity index (χ1) is 10.6. The van der Waals surface area contributed by atoms with Gasteiger partial charge in [-0.25, -0.2) is 9.29 Å². The lowest BCUT2D eigenvalue weighted by atomic mass is 10.2. The molecule has 2 aromatic carbocycles. The summed E-state index contributed by atoms with van der Waals surface area (Å²) in [4.78, 5) is 25.7. The smallest absolute Gasteiger partial charge is 0.256 e. The van der Waals surface area contributed by atoms with Gasteiger partial charge in [-0.1, -0.05) is 29.8 Å². The van der Waals surface area contributed by atoms with E-state index in [2.05, 4.69) is 5.32 Å². The molecular weight excluding hydrogens is 283 g/mol. The molecule has 0 spiro atoms. The average molecular weight is 298 g/mol. The molecule has 4 nitrogen and oxygen atoms in total. The minimum absolute atomic E-state index is 0.0149. The first-order valence-electron chi connectivity index (χ1n) is 7.01. The number of amides is 2. The molecule has 0 aliphatic carbocycles. The molecule has 1 N–H and O–H groups in total. The van der Waals surface area contributed by atoms with Crippen molar-refractivity contribution in [1.29, 1.82) is 0 Å². The molecule has 1 heterocycles. The number of carbonyl (C=O) groups is 2. The van der Waals surface area contributed by atoms with E-state index >= 15 is 0 Å². The van der Waals surface area contributed by atoms with Crippen LogP contribution in [0.3, 0.4) is 0 Å². The largest absolute Gasteiger partial charge is 0.371 e. The van der Waals surface area contributed by atoms with Crippen molar-refractivity contribution < 1.29 is 14.0 Å². The number of anilines is 2. The molecule has 0 bridgehead atoms. The number of imide groups is 1. The number of nitrogens with zero attached hydrogens (tertiary/aromatic N) is 1. The fourth-order valence-corrected chi connectivity index (χ4v) is 2.48. The number of nitrogens with one attached hydrogen (secondary N) is 1. The van der Waals surface area contributed by atoms with E-state index in [0.29, 0.717) is 5.69 Å². The summed E-state index contributed by atoms with van der Waals surface area (Å²) in [5.41, 5.74) is 1.81. The van der Waals surface area contributed by atoms with Crippen LogP contribution in [0.2, 0.25) is 0 Å². The second-order valence-corrected chi connectivity index (χ2v) is 5.28. The van der Waals surface area contributed by atoms with Crippen molar-refractivity contribution >= 4 is 23.2 Å². The highest BCUT2D eigenvalue weighted by Gasteiger charge is 2.39. The number of hydrogen-bond acceptors (Lipinski definition) is 3. The predicted octanol–water partition coefficient (Wildman–Crippen LogP) is 2.88. The molecule has 112 valence electrons. The van der Waals surface area contributed by atoms with Crippen LogP contribution in [0.15, 0.2) is 48.5 Å². The Balaban J connectivity index is 1.82. The summed E-state index contributed by atoms with van der Waals surface area (Å²) in [6, 6.07) is 12.5. The van der Waals surface area contributed by atoms with Crippen LogP contribution in [0.5, 0.6) is 0 Å². The second kappa shape index (κ2) is 5.60. The van der Waals surface area contributed by atoms with Crippen molar-refractivity contribution in [2.24, 2.45) is 0 Å². The van der Waals surface area contributed by atoms with Crippen LogP contribution in [0.4, 0.5) is 15.8 Å². The Labute approximate surface area is 127 Å². The van der Waals surface area contributed by atoms with Crippen molar-refractivity contribution in [2.45, 2.75) is 19.4 Å². The molecule has 0 radical (unpaired) electrons. The maximum absolute atomic E-state index is 13.7. The van der Waals surface area contributed by atoms with Gasteiger partial charge in [0.1, 0.15) is 11.9 Å². The Kier molecular flexibility index (Phi) is 3.63. The van der Waals surface area contributed by atoms with Crippen LogP contribution in [0, 0.1) is 12.7 Å². The third-order valence-electron chi connectivity index (χ3n) is 3.64. The van der Waals surface area contributed by atoms with Gasteiger partial charge in [-0.05, 0) is 31.2 Å². The molecule has 2 amide bonds. The molecule has 3 rings (SSSR count). The van der Waals surface area contributed by atoms with Crippen LogP contribution in [0.25, 0.3) is 0 Å². The number of para-hydroxylation sites is 1. The molecule has 1 atom stereocenters. The first-order valence-corrected chi connectivity index (χ1v) is 7.01. The van der Waals surface area contributed by atoms with E-state index in [1.807, 2.05) is 19.1 Å². The van der Waals surface area contributed by atoms with E-state index in [4.69, 9.17) is 0 Å². The highest BCUT2D eigenvalue weighted by Crippen LogP contribution is 2.25. The Bertz CT molecular complexity index is 728. The molecule has 5 heteroatoms. The lowest BCUT2D eigenvalue weighted by Gasteiger charge is -2.16. The normalized spacial score (nSPS) is 17.9. The third-order valence-corrected chi connectivity index (χ3v) is 3.64. The number of benzene rings is 2. The SMILES string of the molecule is Cc1ccc(N2C(=O)C[C@H](Nc3ccccc3F)C2=O)cc1. The quantitative estimate of drug-likeness (QED) is 0.886. The molecule has 2 aromatic rings. The standard InChI is InChI=1S/C17H15FN2O2/c1-11-6-8-12(9-7-11)20-16(21)10-15(17(20)22)19-14-5-3-2-4-13(14)18/h2-9,15,19H,10H2,1H3/t15-/m0/s1. The second-order valence-electron chi connectivity index (χ2n) is 5.28. The molecule has 1 aliphatic rings. The summed E-state index contributed by atoms with van der Waals surface area (Å²) in [5, 5.41) is 2.81. The molecule has 22 heavy (non-hydrogen) atoms. The number of halogens is 1. The van der Waals surface area contributed by atoms with Gasteiger partial charge in [0, 0.05) is 0 Å². The fraction of sp³-hybridized carbons (Fsp3) is 0.176. The lowest BCUT2D eigenvalue weighted by molar-refractivity contribution is -0.121. The topological polar surface area (TPSA) is 49.4 Å². The maximum Gasteiger partial charge on any atom is 0.256 e. The number of carbonyl (C=O) groups excluding carboxylic acids is 2. The molecule has 0 aromatic heterocycles. The van der Waals surface area contributed by atoms with E-state index in [0.717, 1.165) is 10.5 Å². The van der Waals surface area contributed by atoms with Gasteiger partial charge in [-0.3, -0.25) is 9.59 Å². The van der Waals surface area contributed by atoms with Crippen LogP contribution < -0.4 is 10.2 Å². The Morgan fingerprint density at radius 3 is 2.45 bits per heavy atom. The summed E-state index contributed by atoms with van der Waals surface area (Å²) in [6.45, 7) is 1.93. The Morgan fingerprint density at radius 2 is 1.77 bits per heavy atom. The van der Waals surface area contributed by atoms with Crippen LogP contribution >= 0.6 is 0 Å². The minimum atomic E-state index is -0.745. The van der Waals surface area contributed by atoms with Gasteiger partial charge in [0.25, 0.3) is 5.91 Å². The lowest BCUT2D eigenvalue weighted by Crippen LogP contribution is -2.34. The van der Waals surface area contributed by atoms with E-state index < -0.39 is 11.9 Å². The van der Waals surface area contributed by atoms with Gasteiger partial charge in [-0.15, -0.1) is 0 Å². The predicted molar refractivity (Wildman–Crippen MR) is 82.1 cm³/mol. The van der Waals surface area contributed by atoms with Crippen LogP contribution in [-0.4, -0.2) is 17.9 Å². The Morgan fingerprint density at radius 1 is 1.09 bits per heavy atom. The van der Waals surface area contributed by atoms with Gasteiger partial charge in [-0.2, -0.15) is 0 Å².